The number of hydrogen-bond donors (Lipinski definition) is 1. The van der Waals surface area contributed by atoms with Crippen molar-refractivity contribution >= 4 is 5.69 Å². The fraction of sp³-hybridized carbons (Fsp3) is 0.500. The third-order valence-electron chi connectivity index (χ3n) is 3.74. The molecule has 2 aliphatic rings. The molecule has 1 saturated heterocycles. The smallest absolute Gasteiger partial charge is 0.0726 e. The van der Waals surface area contributed by atoms with Crippen LogP contribution in [0.1, 0.15) is 18.4 Å². The van der Waals surface area contributed by atoms with Crippen LogP contribution in [0.5, 0.6) is 0 Å². The minimum absolute atomic E-state index is 0.0661. The van der Waals surface area contributed by atoms with Gasteiger partial charge in [-0.3, -0.25) is 0 Å². The summed E-state index contributed by atoms with van der Waals surface area (Å²) in [5.74, 6) is 0. The van der Waals surface area contributed by atoms with Gasteiger partial charge in [0.1, 0.15) is 0 Å². The Morgan fingerprint density at radius 3 is 2.73 bits per heavy atom. The second-order valence-corrected chi connectivity index (χ2v) is 4.57. The fourth-order valence-electron chi connectivity index (χ4n) is 2.90. The number of anilines is 1. The summed E-state index contributed by atoms with van der Waals surface area (Å²) in [5.41, 5.74) is 2.05. The number of hydrogen-bond acceptors (Lipinski definition) is 2. The predicted octanol–water partition coefficient (Wildman–Crippen LogP) is 2.01. The van der Waals surface area contributed by atoms with Crippen LogP contribution in [-0.4, -0.2) is 19.6 Å². The van der Waals surface area contributed by atoms with Gasteiger partial charge in [0.15, 0.2) is 0 Å². The van der Waals surface area contributed by atoms with Crippen molar-refractivity contribution in [2.75, 3.05) is 24.8 Å². The largest absolute Gasteiger partial charge is 0.317 e. The second-order valence-electron chi connectivity index (χ2n) is 4.57. The fourth-order valence-corrected chi connectivity index (χ4v) is 2.90. The first-order valence-electron chi connectivity index (χ1n) is 5.55. The SMILES string of the molecule is FN1CC2(CCNCC2)c2ccccc21. The first kappa shape index (κ1) is 9.16. The van der Waals surface area contributed by atoms with Crippen LogP contribution < -0.4 is 10.4 Å². The quantitative estimate of drug-likeness (QED) is 0.653. The van der Waals surface area contributed by atoms with Gasteiger partial charge in [-0.1, -0.05) is 22.7 Å². The van der Waals surface area contributed by atoms with Crippen molar-refractivity contribution in [1.82, 2.24) is 5.32 Å². The molecule has 0 bridgehead atoms. The Kier molecular flexibility index (Phi) is 1.96. The van der Waals surface area contributed by atoms with Gasteiger partial charge in [0.2, 0.25) is 0 Å². The van der Waals surface area contributed by atoms with Gasteiger partial charge in [-0.05, 0) is 37.6 Å². The molecule has 1 N–H and O–H groups in total. The zero-order valence-electron chi connectivity index (χ0n) is 8.67. The number of nitrogens with zero attached hydrogens (tertiary/aromatic N) is 1. The third-order valence-corrected chi connectivity index (χ3v) is 3.74. The molecule has 2 heterocycles. The zero-order chi connectivity index (χ0) is 10.3. The summed E-state index contributed by atoms with van der Waals surface area (Å²) in [5, 5.41) is 4.26. The molecule has 80 valence electrons. The maximum Gasteiger partial charge on any atom is 0.0726 e. The van der Waals surface area contributed by atoms with E-state index in [0.717, 1.165) is 36.7 Å². The van der Waals surface area contributed by atoms with Crippen molar-refractivity contribution in [2.45, 2.75) is 18.3 Å². The second kappa shape index (κ2) is 3.20. The van der Waals surface area contributed by atoms with Crippen LogP contribution in [-0.2, 0) is 5.41 Å². The van der Waals surface area contributed by atoms with E-state index in [2.05, 4.69) is 11.4 Å². The molecule has 15 heavy (non-hydrogen) atoms. The highest BCUT2D eigenvalue weighted by molar-refractivity contribution is 5.60. The highest BCUT2D eigenvalue weighted by Gasteiger charge is 2.43. The summed E-state index contributed by atoms with van der Waals surface area (Å²) in [4.78, 5) is 0. The average molecular weight is 206 g/mol. The lowest BCUT2D eigenvalue weighted by molar-refractivity contribution is 0.295. The summed E-state index contributed by atoms with van der Waals surface area (Å²) in [6.45, 7) is 2.54. The van der Waals surface area contributed by atoms with Gasteiger partial charge in [-0.2, -0.15) is 0 Å². The molecule has 0 atom stereocenters. The third kappa shape index (κ3) is 1.26. The summed E-state index contributed by atoms with van der Waals surface area (Å²) in [6.07, 6.45) is 2.09. The van der Waals surface area contributed by atoms with E-state index in [0.29, 0.717) is 6.54 Å². The van der Waals surface area contributed by atoms with E-state index < -0.39 is 0 Å². The average Bonchev–Trinajstić information content (AvgIpc) is 2.55. The summed E-state index contributed by atoms with van der Waals surface area (Å²) < 4.78 is 13.8. The van der Waals surface area contributed by atoms with Crippen LogP contribution >= 0.6 is 0 Å². The van der Waals surface area contributed by atoms with Crippen molar-refractivity contribution in [3.8, 4) is 0 Å². The molecule has 0 aromatic heterocycles. The molecule has 1 aromatic rings. The van der Waals surface area contributed by atoms with E-state index in [1.54, 1.807) is 0 Å². The summed E-state index contributed by atoms with van der Waals surface area (Å²) in [6, 6.07) is 7.89. The maximum atomic E-state index is 13.8. The molecule has 0 radical (unpaired) electrons. The van der Waals surface area contributed by atoms with E-state index in [-0.39, 0.29) is 5.41 Å². The lowest BCUT2D eigenvalue weighted by Crippen LogP contribution is -2.42. The molecule has 1 spiro atoms. The highest BCUT2D eigenvalue weighted by Crippen LogP contribution is 2.45. The molecule has 3 heteroatoms. The van der Waals surface area contributed by atoms with E-state index in [1.807, 2.05) is 18.2 Å². The van der Waals surface area contributed by atoms with Crippen molar-refractivity contribution in [2.24, 2.45) is 0 Å². The molecule has 0 saturated carbocycles. The summed E-state index contributed by atoms with van der Waals surface area (Å²) in [7, 11) is 0. The van der Waals surface area contributed by atoms with Gasteiger partial charge in [0, 0.05) is 5.41 Å². The minimum Gasteiger partial charge on any atom is -0.317 e. The van der Waals surface area contributed by atoms with Crippen LogP contribution in [0.2, 0.25) is 0 Å². The Morgan fingerprint density at radius 1 is 1.20 bits per heavy atom. The van der Waals surface area contributed by atoms with E-state index >= 15 is 0 Å². The van der Waals surface area contributed by atoms with Gasteiger partial charge in [0.25, 0.3) is 0 Å². The molecule has 0 amide bonds. The van der Waals surface area contributed by atoms with Crippen LogP contribution in [0.3, 0.4) is 0 Å². The standard InChI is InChI=1S/C12H15FN2/c13-15-9-12(5-7-14-8-6-12)10-3-1-2-4-11(10)15/h1-4,14H,5-9H2. The van der Waals surface area contributed by atoms with Gasteiger partial charge < -0.3 is 5.32 Å². The molecule has 0 unspecified atom stereocenters. The molecule has 0 aliphatic carbocycles. The minimum atomic E-state index is 0.0661. The number of rotatable bonds is 0. The first-order valence-corrected chi connectivity index (χ1v) is 5.55. The topological polar surface area (TPSA) is 15.3 Å². The molecular weight excluding hydrogens is 191 g/mol. The predicted molar refractivity (Wildman–Crippen MR) is 58.7 cm³/mol. The Bertz CT molecular complexity index is 372. The Balaban J connectivity index is 2.06. The van der Waals surface area contributed by atoms with Gasteiger partial charge >= 0.3 is 0 Å². The number of benzene rings is 1. The number of piperidine rings is 1. The van der Waals surface area contributed by atoms with Crippen molar-refractivity contribution in [3.63, 3.8) is 0 Å². The van der Waals surface area contributed by atoms with Crippen LogP contribution in [0.15, 0.2) is 24.3 Å². The van der Waals surface area contributed by atoms with Gasteiger partial charge in [0.05, 0.1) is 12.2 Å². The van der Waals surface area contributed by atoms with Crippen molar-refractivity contribution < 1.29 is 4.48 Å². The number of halogens is 1. The Morgan fingerprint density at radius 2 is 1.93 bits per heavy atom. The van der Waals surface area contributed by atoms with Crippen molar-refractivity contribution in [3.05, 3.63) is 29.8 Å². The monoisotopic (exact) mass is 206 g/mol. The van der Waals surface area contributed by atoms with E-state index in [1.165, 1.54) is 5.56 Å². The lowest BCUT2D eigenvalue weighted by Gasteiger charge is -2.33. The highest BCUT2D eigenvalue weighted by atomic mass is 19.2. The molecular formula is C12H15FN2. The Hall–Kier alpha value is -1.09. The van der Waals surface area contributed by atoms with Gasteiger partial charge in [-0.15, -0.1) is 0 Å². The molecule has 2 nitrogen and oxygen atoms in total. The van der Waals surface area contributed by atoms with Gasteiger partial charge in [-0.25, -0.2) is 5.12 Å². The summed E-state index contributed by atoms with van der Waals surface area (Å²) >= 11 is 0. The van der Waals surface area contributed by atoms with Crippen LogP contribution in [0.4, 0.5) is 10.2 Å². The van der Waals surface area contributed by atoms with E-state index in [9.17, 15) is 4.48 Å². The first-order chi connectivity index (χ1) is 7.32. The lowest BCUT2D eigenvalue weighted by atomic mass is 9.75. The molecule has 1 aromatic carbocycles. The normalized spacial score (nSPS) is 23.1. The van der Waals surface area contributed by atoms with Crippen molar-refractivity contribution in [1.29, 1.82) is 0 Å². The molecule has 3 rings (SSSR count). The zero-order valence-corrected chi connectivity index (χ0v) is 8.67. The Labute approximate surface area is 89.0 Å². The van der Waals surface area contributed by atoms with Crippen LogP contribution in [0.25, 0.3) is 0 Å². The number of nitrogens with one attached hydrogen (secondary N) is 1. The maximum absolute atomic E-state index is 13.8. The molecule has 2 aliphatic heterocycles. The van der Waals surface area contributed by atoms with E-state index in [4.69, 9.17) is 0 Å². The number of fused-ring (bicyclic) bond motifs is 2. The van der Waals surface area contributed by atoms with Crippen LogP contribution in [0, 0.1) is 0 Å². The molecule has 1 fully saturated rings. The number of para-hydroxylation sites is 1.